The third-order valence-corrected chi connectivity index (χ3v) is 3.45. The second-order valence-electron chi connectivity index (χ2n) is 4.56. The number of sulfone groups is 1. The summed E-state index contributed by atoms with van der Waals surface area (Å²) in [5, 5.41) is 0. The molecular weight excluding hydrogens is 274 g/mol. The van der Waals surface area contributed by atoms with Crippen molar-refractivity contribution in [1.29, 1.82) is 0 Å². The quantitative estimate of drug-likeness (QED) is 0.723. The van der Waals surface area contributed by atoms with Crippen molar-refractivity contribution in [2.45, 2.75) is 5.75 Å². The molecule has 1 aromatic rings. The Morgan fingerprint density at radius 3 is 2.35 bits per heavy atom. The first-order valence-corrected chi connectivity index (χ1v) is 8.21. The number of carbonyl (C=O) groups excluding carboxylic acids is 1. The van der Waals surface area contributed by atoms with Gasteiger partial charge in [-0.25, -0.2) is 8.42 Å². The molecular formula is C15H19NO3S. The zero-order valence-corrected chi connectivity index (χ0v) is 12.4. The van der Waals surface area contributed by atoms with Crippen LogP contribution in [0.3, 0.4) is 0 Å². The first kappa shape index (κ1) is 16.2. The number of carbonyl (C=O) groups is 1. The SMILES string of the molecule is C=CCN(CC=C)C(=O)c1cccc(CS(C)(=O)=O)c1. The lowest BCUT2D eigenvalue weighted by Crippen LogP contribution is -2.31. The number of rotatable bonds is 7. The summed E-state index contributed by atoms with van der Waals surface area (Å²) >= 11 is 0. The maximum absolute atomic E-state index is 12.3. The molecule has 0 saturated carbocycles. The van der Waals surface area contributed by atoms with Crippen molar-refractivity contribution in [3.63, 3.8) is 0 Å². The molecule has 0 unspecified atom stereocenters. The standard InChI is InChI=1S/C15H19NO3S/c1-4-9-16(10-5-2)15(17)14-8-6-7-13(11-14)12-20(3,18)19/h4-8,11H,1-2,9-10,12H2,3H3. The minimum atomic E-state index is -3.12. The lowest BCUT2D eigenvalue weighted by molar-refractivity contribution is 0.0790. The summed E-state index contributed by atoms with van der Waals surface area (Å²) in [6, 6.07) is 6.67. The van der Waals surface area contributed by atoms with Gasteiger partial charge in [0.25, 0.3) is 5.91 Å². The van der Waals surface area contributed by atoms with E-state index >= 15 is 0 Å². The van der Waals surface area contributed by atoms with Gasteiger partial charge in [0, 0.05) is 24.9 Å². The number of nitrogens with zero attached hydrogens (tertiary/aromatic N) is 1. The van der Waals surface area contributed by atoms with Crippen LogP contribution in [-0.4, -0.2) is 38.6 Å². The van der Waals surface area contributed by atoms with Crippen LogP contribution in [0.25, 0.3) is 0 Å². The average Bonchev–Trinajstić information content (AvgIpc) is 2.36. The molecule has 0 radical (unpaired) electrons. The van der Waals surface area contributed by atoms with Gasteiger partial charge in [-0.1, -0.05) is 24.3 Å². The van der Waals surface area contributed by atoms with Crippen LogP contribution >= 0.6 is 0 Å². The average molecular weight is 293 g/mol. The van der Waals surface area contributed by atoms with Gasteiger partial charge in [-0.05, 0) is 17.7 Å². The number of hydrogen-bond donors (Lipinski definition) is 0. The summed E-state index contributed by atoms with van der Waals surface area (Å²) < 4.78 is 22.6. The van der Waals surface area contributed by atoms with E-state index in [9.17, 15) is 13.2 Å². The van der Waals surface area contributed by atoms with Gasteiger partial charge < -0.3 is 4.90 Å². The zero-order valence-electron chi connectivity index (χ0n) is 11.6. The van der Waals surface area contributed by atoms with E-state index < -0.39 is 9.84 Å². The second kappa shape index (κ2) is 7.05. The van der Waals surface area contributed by atoms with Crippen LogP contribution in [0.2, 0.25) is 0 Å². The third kappa shape index (κ3) is 5.01. The van der Waals surface area contributed by atoms with E-state index in [1.54, 1.807) is 41.3 Å². The molecule has 0 spiro atoms. The first-order valence-electron chi connectivity index (χ1n) is 6.15. The Morgan fingerprint density at radius 2 is 1.85 bits per heavy atom. The number of amides is 1. The summed E-state index contributed by atoms with van der Waals surface area (Å²) in [6.07, 6.45) is 4.45. The molecule has 0 aliphatic carbocycles. The highest BCUT2D eigenvalue weighted by Gasteiger charge is 2.14. The molecule has 0 saturated heterocycles. The topological polar surface area (TPSA) is 54.5 Å². The first-order chi connectivity index (χ1) is 9.37. The molecule has 4 nitrogen and oxygen atoms in total. The van der Waals surface area contributed by atoms with Gasteiger partial charge in [-0.15, -0.1) is 13.2 Å². The van der Waals surface area contributed by atoms with Crippen LogP contribution in [0.4, 0.5) is 0 Å². The smallest absolute Gasteiger partial charge is 0.254 e. The molecule has 0 atom stereocenters. The second-order valence-corrected chi connectivity index (χ2v) is 6.70. The summed E-state index contributed by atoms with van der Waals surface area (Å²) in [6.45, 7) is 8.07. The van der Waals surface area contributed by atoms with Crippen molar-refractivity contribution in [2.24, 2.45) is 0 Å². The Bertz CT molecular complexity index is 595. The predicted octanol–water partition coefficient (Wildman–Crippen LogP) is 2.05. The molecule has 0 aromatic heterocycles. The fourth-order valence-corrected chi connectivity index (χ4v) is 2.62. The minimum absolute atomic E-state index is 0.0724. The van der Waals surface area contributed by atoms with Crippen LogP contribution in [0.15, 0.2) is 49.6 Å². The lowest BCUT2D eigenvalue weighted by atomic mass is 10.1. The lowest BCUT2D eigenvalue weighted by Gasteiger charge is -2.19. The highest BCUT2D eigenvalue weighted by atomic mass is 32.2. The van der Waals surface area contributed by atoms with Gasteiger partial charge in [-0.3, -0.25) is 4.79 Å². The molecule has 1 amide bonds. The van der Waals surface area contributed by atoms with Gasteiger partial charge in [0.2, 0.25) is 0 Å². The van der Waals surface area contributed by atoms with Crippen LogP contribution in [0.5, 0.6) is 0 Å². The van der Waals surface area contributed by atoms with Gasteiger partial charge in [0.1, 0.15) is 0 Å². The number of benzene rings is 1. The highest BCUT2D eigenvalue weighted by Crippen LogP contribution is 2.11. The summed E-state index contributed by atoms with van der Waals surface area (Å²) in [5.74, 6) is -0.239. The van der Waals surface area contributed by atoms with Crippen LogP contribution in [0, 0.1) is 0 Å². The molecule has 0 aliphatic rings. The summed E-state index contributed by atoms with van der Waals surface area (Å²) in [4.78, 5) is 13.9. The van der Waals surface area contributed by atoms with E-state index in [4.69, 9.17) is 0 Å². The van der Waals surface area contributed by atoms with Gasteiger partial charge in [0.15, 0.2) is 9.84 Å². The van der Waals surface area contributed by atoms with Crippen molar-refractivity contribution >= 4 is 15.7 Å². The molecule has 108 valence electrons. The molecule has 0 heterocycles. The van der Waals surface area contributed by atoms with Crippen molar-refractivity contribution in [3.8, 4) is 0 Å². The molecule has 0 N–H and O–H groups in total. The van der Waals surface area contributed by atoms with Crippen LogP contribution in [0.1, 0.15) is 15.9 Å². The molecule has 0 fully saturated rings. The minimum Gasteiger partial charge on any atom is -0.331 e. The summed E-state index contributed by atoms with van der Waals surface area (Å²) in [5.41, 5.74) is 1.07. The molecule has 0 bridgehead atoms. The van der Waals surface area contributed by atoms with Crippen LogP contribution < -0.4 is 0 Å². The van der Waals surface area contributed by atoms with Gasteiger partial charge in [0.05, 0.1) is 5.75 Å². The Balaban J connectivity index is 3.00. The Kier molecular flexibility index (Phi) is 5.70. The molecule has 0 aliphatic heterocycles. The van der Waals surface area contributed by atoms with E-state index in [0.717, 1.165) is 0 Å². The van der Waals surface area contributed by atoms with E-state index in [2.05, 4.69) is 13.2 Å². The van der Waals surface area contributed by atoms with Crippen molar-refractivity contribution in [3.05, 3.63) is 60.7 Å². The zero-order chi connectivity index (χ0) is 15.2. The Labute approximate surface area is 120 Å². The van der Waals surface area contributed by atoms with E-state index in [0.29, 0.717) is 24.2 Å². The monoisotopic (exact) mass is 293 g/mol. The van der Waals surface area contributed by atoms with Gasteiger partial charge in [-0.2, -0.15) is 0 Å². The fourth-order valence-electron chi connectivity index (χ4n) is 1.83. The van der Waals surface area contributed by atoms with Gasteiger partial charge >= 0.3 is 0 Å². The largest absolute Gasteiger partial charge is 0.331 e. The molecule has 20 heavy (non-hydrogen) atoms. The van der Waals surface area contributed by atoms with Crippen LogP contribution in [-0.2, 0) is 15.6 Å². The van der Waals surface area contributed by atoms with Crippen molar-refractivity contribution in [2.75, 3.05) is 19.3 Å². The Hall–Kier alpha value is -1.88. The third-order valence-electron chi connectivity index (χ3n) is 2.59. The molecule has 1 aromatic carbocycles. The van der Waals surface area contributed by atoms with Crippen molar-refractivity contribution < 1.29 is 13.2 Å². The molecule has 5 heteroatoms. The Morgan fingerprint density at radius 1 is 1.25 bits per heavy atom. The van der Waals surface area contributed by atoms with E-state index in [1.807, 2.05) is 0 Å². The normalized spacial score (nSPS) is 10.8. The maximum atomic E-state index is 12.3. The highest BCUT2D eigenvalue weighted by molar-refractivity contribution is 7.89. The number of hydrogen-bond acceptors (Lipinski definition) is 3. The predicted molar refractivity (Wildman–Crippen MR) is 81.3 cm³/mol. The van der Waals surface area contributed by atoms with Crippen molar-refractivity contribution in [1.82, 2.24) is 4.90 Å². The summed E-state index contributed by atoms with van der Waals surface area (Å²) in [7, 11) is -3.12. The van der Waals surface area contributed by atoms with E-state index in [-0.39, 0.29) is 11.7 Å². The maximum Gasteiger partial charge on any atom is 0.254 e. The fraction of sp³-hybridized carbons (Fsp3) is 0.267. The van der Waals surface area contributed by atoms with E-state index in [1.165, 1.54) is 6.26 Å². The molecule has 1 rings (SSSR count).